The molecule has 1 fully saturated rings. The summed E-state index contributed by atoms with van der Waals surface area (Å²) in [6, 6.07) is 0.301. The Morgan fingerprint density at radius 1 is 1.00 bits per heavy atom. The predicted molar refractivity (Wildman–Crippen MR) is 76.2 cm³/mol. The SMILES string of the molecule is CCC(CC)C(N)C(C)(C)N1CCCCCC1. The van der Waals surface area contributed by atoms with Gasteiger partial charge in [-0.05, 0) is 45.7 Å². The lowest BCUT2D eigenvalue weighted by molar-refractivity contribution is 0.0732. The van der Waals surface area contributed by atoms with Crippen molar-refractivity contribution in [3.63, 3.8) is 0 Å². The maximum atomic E-state index is 6.56. The minimum atomic E-state index is 0.154. The second-order valence-corrected chi connectivity index (χ2v) is 6.16. The fraction of sp³-hybridized carbons (Fsp3) is 1.00. The van der Waals surface area contributed by atoms with Crippen LogP contribution in [0.25, 0.3) is 0 Å². The normalized spacial score (nSPS) is 21.5. The molecular formula is C15H32N2. The molecule has 0 saturated carbocycles. The Balaban J connectivity index is 2.69. The summed E-state index contributed by atoms with van der Waals surface area (Å²) in [6.45, 7) is 11.7. The van der Waals surface area contributed by atoms with Crippen LogP contribution in [-0.2, 0) is 0 Å². The molecule has 0 radical (unpaired) electrons. The first-order valence-corrected chi connectivity index (χ1v) is 7.54. The van der Waals surface area contributed by atoms with E-state index in [-0.39, 0.29) is 5.54 Å². The van der Waals surface area contributed by atoms with E-state index >= 15 is 0 Å². The van der Waals surface area contributed by atoms with Crippen LogP contribution < -0.4 is 5.73 Å². The van der Waals surface area contributed by atoms with Crippen LogP contribution >= 0.6 is 0 Å². The summed E-state index contributed by atoms with van der Waals surface area (Å²) in [5, 5.41) is 0. The maximum absolute atomic E-state index is 6.56. The summed E-state index contributed by atoms with van der Waals surface area (Å²) in [5.74, 6) is 0.660. The van der Waals surface area contributed by atoms with Gasteiger partial charge in [0.15, 0.2) is 0 Å². The monoisotopic (exact) mass is 240 g/mol. The maximum Gasteiger partial charge on any atom is 0.0306 e. The van der Waals surface area contributed by atoms with Crippen molar-refractivity contribution in [3.8, 4) is 0 Å². The van der Waals surface area contributed by atoms with E-state index in [9.17, 15) is 0 Å². The molecule has 17 heavy (non-hydrogen) atoms. The van der Waals surface area contributed by atoms with Gasteiger partial charge < -0.3 is 5.73 Å². The number of rotatable bonds is 5. The molecule has 2 nitrogen and oxygen atoms in total. The third-order valence-corrected chi connectivity index (χ3v) is 4.79. The molecule has 0 spiro atoms. The van der Waals surface area contributed by atoms with Crippen LogP contribution in [0.2, 0.25) is 0 Å². The summed E-state index contributed by atoms with van der Waals surface area (Å²) in [7, 11) is 0. The minimum Gasteiger partial charge on any atom is -0.326 e. The van der Waals surface area contributed by atoms with E-state index in [0.29, 0.717) is 12.0 Å². The van der Waals surface area contributed by atoms with Gasteiger partial charge in [0.05, 0.1) is 0 Å². The van der Waals surface area contributed by atoms with Crippen LogP contribution in [0.4, 0.5) is 0 Å². The highest BCUT2D eigenvalue weighted by Crippen LogP contribution is 2.28. The molecule has 1 aliphatic rings. The molecule has 1 rings (SSSR count). The van der Waals surface area contributed by atoms with Crippen LogP contribution in [-0.4, -0.2) is 29.6 Å². The standard InChI is InChI=1S/C15H32N2/c1-5-13(6-2)14(16)15(3,4)17-11-9-7-8-10-12-17/h13-14H,5-12,16H2,1-4H3. The third kappa shape index (κ3) is 3.69. The number of nitrogens with zero attached hydrogens (tertiary/aromatic N) is 1. The topological polar surface area (TPSA) is 29.3 Å². The van der Waals surface area contributed by atoms with Gasteiger partial charge in [-0.2, -0.15) is 0 Å². The van der Waals surface area contributed by atoms with Crippen molar-refractivity contribution in [1.82, 2.24) is 4.90 Å². The van der Waals surface area contributed by atoms with Crippen molar-refractivity contribution < 1.29 is 0 Å². The zero-order valence-corrected chi connectivity index (χ0v) is 12.3. The lowest BCUT2D eigenvalue weighted by Gasteiger charge is -2.45. The van der Waals surface area contributed by atoms with Gasteiger partial charge in [0, 0.05) is 11.6 Å². The van der Waals surface area contributed by atoms with E-state index in [1.165, 1.54) is 51.6 Å². The van der Waals surface area contributed by atoms with Crippen LogP contribution in [0.15, 0.2) is 0 Å². The molecule has 1 atom stereocenters. The Hall–Kier alpha value is -0.0800. The molecule has 0 aromatic heterocycles. The van der Waals surface area contributed by atoms with Crippen molar-refractivity contribution in [2.45, 2.75) is 77.8 Å². The molecule has 102 valence electrons. The van der Waals surface area contributed by atoms with Gasteiger partial charge in [-0.3, -0.25) is 4.90 Å². The van der Waals surface area contributed by atoms with Crippen molar-refractivity contribution >= 4 is 0 Å². The van der Waals surface area contributed by atoms with Gasteiger partial charge >= 0.3 is 0 Å². The zero-order valence-electron chi connectivity index (χ0n) is 12.3. The fourth-order valence-corrected chi connectivity index (χ4v) is 3.23. The molecule has 0 aromatic rings. The van der Waals surface area contributed by atoms with E-state index in [0.717, 1.165) is 0 Å². The predicted octanol–water partition coefficient (Wildman–Crippen LogP) is 3.40. The van der Waals surface area contributed by atoms with E-state index in [1.54, 1.807) is 0 Å². The lowest BCUT2D eigenvalue weighted by Crippen LogP contribution is -2.59. The quantitative estimate of drug-likeness (QED) is 0.798. The van der Waals surface area contributed by atoms with Crippen molar-refractivity contribution in [2.75, 3.05) is 13.1 Å². The highest BCUT2D eigenvalue weighted by Gasteiger charge is 2.36. The Bertz CT molecular complexity index is 197. The van der Waals surface area contributed by atoms with Crippen molar-refractivity contribution in [3.05, 3.63) is 0 Å². The summed E-state index contributed by atoms with van der Waals surface area (Å²) in [4.78, 5) is 2.64. The van der Waals surface area contributed by atoms with Crippen LogP contribution in [0.5, 0.6) is 0 Å². The van der Waals surface area contributed by atoms with E-state index in [2.05, 4.69) is 32.6 Å². The van der Waals surface area contributed by atoms with Gasteiger partial charge in [-0.1, -0.05) is 39.5 Å². The summed E-state index contributed by atoms with van der Waals surface area (Å²) in [5.41, 5.74) is 6.71. The molecule has 1 saturated heterocycles. The Morgan fingerprint density at radius 2 is 1.47 bits per heavy atom. The third-order valence-electron chi connectivity index (χ3n) is 4.79. The van der Waals surface area contributed by atoms with Crippen LogP contribution in [0.1, 0.15) is 66.2 Å². The minimum absolute atomic E-state index is 0.154. The summed E-state index contributed by atoms with van der Waals surface area (Å²) < 4.78 is 0. The average Bonchev–Trinajstić information content (AvgIpc) is 2.59. The van der Waals surface area contributed by atoms with Gasteiger partial charge in [-0.15, -0.1) is 0 Å². The van der Waals surface area contributed by atoms with Gasteiger partial charge in [0.2, 0.25) is 0 Å². The zero-order chi connectivity index (χ0) is 12.9. The van der Waals surface area contributed by atoms with Crippen LogP contribution in [0.3, 0.4) is 0 Å². The number of nitrogens with two attached hydrogens (primary N) is 1. The lowest BCUT2D eigenvalue weighted by atomic mass is 9.81. The molecular weight excluding hydrogens is 208 g/mol. The highest BCUT2D eigenvalue weighted by molar-refractivity contribution is 4.95. The van der Waals surface area contributed by atoms with E-state index in [1.807, 2.05) is 0 Å². The summed E-state index contributed by atoms with van der Waals surface area (Å²) in [6.07, 6.45) is 7.89. The fourth-order valence-electron chi connectivity index (χ4n) is 3.23. The van der Waals surface area contributed by atoms with E-state index < -0.39 is 0 Å². The Labute approximate surface area is 108 Å². The Kier molecular flexibility index (Phi) is 5.94. The van der Waals surface area contributed by atoms with Crippen LogP contribution in [0, 0.1) is 5.92 Å². The second-order valence-electron chi connectivity index (χ2n) is 6.16. The first-order chi connectivity index (χ1) is 8.04. The first-order valence-electron chi connectivity index (χ1n) is 7.54. The largest absolute Gasteiger partial charge is 0.326 e. The molecule has 0 aliphatic carbocycles. The first kappa shape index (κ1) is 15.0. The summed E-state index contributed by atoms with van der Waals surface area (Å²) >= 11 is 0. The number of hydrogen-bond donors (Lipinski definition) is 1. The molecule has 0 amide bonds. The smallest absolute Gasteiger partial charge is 0.0306 e. The van der Waals surface area contributed by atoms with Gasteiger partial charge in [-0.25, -0.2) is 0 Å². The molecule has 1 unspecified atom stereocenters. The molecule has 1 aliphatic heterocycles. The Morgan fingerprint density at radius 3 is 1.88 bits per heavy atom. The average molecular weight is 240 g/mol. The molecule has 0 bridgehead atoms. The van der Waals surface area contributed by atoms with E-state index in [4.69, 9.17) is 5.73 Å². The molecule has 2 heteroatoms. The second kappa shape index (κ2) is 6.75. The number of hydrogen-bond acceptors (Lipinski definition) is 2. The van der Waals surface area contributed by atoms with Crippen molar-refractivity contribution in [2.24, 2.45) is 11.7 Å². The highest BCUT2D eigenvalue weighted by atomic mass is 15.2. The van der Waals surface area contributed by atoms with Crippen molar-refractivity contribution in [1.29, 1.82) is 0 Å². The molecule has 0 aromatic carbocycles. The molecule has 1 heterocycles. The molecule has 2 N–H and O–H groups in total. The van der Waals surface area contributed by atoms with Gasteiger partial charge in [0.25, 0.3) is 0 Å². The van der Waals surface area contributed by atoms with Gasteiger partial charge in [0.1, 0.15) is 0 Å². The number of likely N-dealkylation sites (tertiary alicyclic amines) is 1.